The fraction of sp³-hybridized carbons (Fsp3) is 0.647. The lowest BCUT2D eigenvalue weighted by Crippen LogP contribution is -2.28. The highest BCUT2D eigenvalue weighted by molar-refractivity contribution is 5.43. The van der Waals surface area contributed by atoms with Crippen LogP contribution in [-0.4, -0.2) is 26.3 Å². The van der Waals surface area contributed by atoms with E-state index >= 15 is 0 Å². The molecule has 3 nitrogen and oxygen atoms in total. The van der Waals surface area contributed by atoms with E-state index in [2.05, 4.69) is 23.5 Å². The highest BCUT2D eigenvalue weighted by atomic mass is 16.5. The van der Waals surface area contributed by atoms with Crippen LogP contribution in [0.5, 0.6) is 11.5 Å². The van der Waals surface area contributed by atoms with E-state index in [1.54, 1.807) is 7.11 Å². The zero-order chi connectivity index (χ0) is 13.8. The molecule has 1 saturated heterocycles. The van der Waals surface area contributed by atoms with Crippen LogP contribution >= 0.6 is 0 Å². The molecule has 1 saturated carbocycles. The molecule has 2 fully saturated rings. The smallest absolute Gasteiger partial charge is 0.161 e. The Morgan fingerprint density at radius 1 is 1.10 bits per heavy atom. The topological polar surface area (TPSA) is 30.5 Å². The predicted molar refractivity (Wildman–Crippen MR) is 80.6 cm³/mol. The Morgan fingerprint density at radius 3 is 2.55 bits per heavy atom. The van der Waals surface area contributed by atoms with Gasteiger partial charge in [-0.15, -0.1) is 0 Å². The molecule has 1 N–H and O–H groups in total. The average Bonchev–Trinajstić information content (AvgIpc) is 2.45. The predicted octanol–water partition coefficient (Wildman–Crippen LogP) is 3.17. The molecular weight excluding hydrogens is 250 g/mol. The van der Waals surface area contributed by atoms with Crippen LogP contribution < -0.4 is 14.8 Å². The van der Waals surface area contributed by atoms with E-state index in [0.29, 0.717) is 6.10 Å². The molecule has 1 heterocycles. The first-order chi connectivity index (χ1) is 9.85. The van der Waals surface area contributed by atoms with Gasteiger partial charge >= 0.3 is 0 Å². The number of hydrogen-bond donors (Lipinski definition) is 1. The Morgan fingerprint density at radius 2 is 1.90 bits per heavy atom. The van der Waals surface area contributed by atoms with Crippen molar-refractivity contribution in [2.45, 2.75) is 44.6 Å². The second-order valence-corrected chi connectivity index (χ2v) is 6.05. The van der Waals surface area contributed by atoms with Gasteiger partial charge in [-0.3, -0.25) is 0 Å². The van der Waals surface area contributed by atoms with E-state index in [1.165, 1.54) is 37.7 Å². The average molecular weight is 275 g/mol. The normalized spacial score (nSPS) is 20.4. The third-order valence-corrected chi connectivity index (χ3v) is 4.56. The summed E-state index contributed by atoms with van der Waals surface area (Å²) in [7, 11) is 1.73. The molecule has 1 aliphatic carbocycles. The third-order valence-electron chi connectivity index (χ3n) is 4.56. The van der Waals surface area contributed by atoms with E-state index in [0.717, 1.165) is 36.9 Å². The molecule has 1 aromatic carbocycles. The van der Waals surface area contributed by atoms with Crippen molar-refractivity contribution in [3.8, 4) is 11.5 Å². The number of rotatable bonds is 5. The Balaban J connectivity index is 1.65. The second-order valence-electron chi connectivity index (χ2n) is 6.05. The van der Waals surface area contributed by atoms with Gasteiger partial charge in [0.15, 0.2) is 11.5 Å². The second kappa shape index (κ2) is 6.49. The first kappa shape index (κ1) is 13.7. The van der Waals surface area contributed by atoms with Gasteiger partial charge < -0.3 is 14.8 Å². The zero-order valence-corrected chi connectivity index (χ0v) is 12.4. The van der Waals surface area contributed by atoms with Crippen molar-refractivity contribution in [1.82, 2.24) is 5.32 Å². The van der Waals surface area contributed by atoms with Crippen LogP contribution in [0.25, 0.3) is 0 Å². The molecule has 0 atom stereocenters. The lowest BCUT2D eigenvalue weighted by molar-refractivity contribution is 0.116. The molecule has 2 aliphatic rings. The molecular formula is C17H25NO2. The maximum Gasteiger partial charge on any atom is 0.161 e. The molecule has 1 aromatic rings. The molecule has 110 valence electrons. The summed E-state index contributed by atoms with van der Waals surface area (Å²) in [5, 5.41) is 3.42. The minimum absolute atomic E-state index is 0.402. The summed E-state index contributed by atoms with van der Waals surface area (Å²) in [6.07, 6.45) is 7.77. The third kappa shape index (κ3) is 3.26. The molecule has 0 amide bonds. The van der Waals surface area contributed by atoms with Crippen LogP contribution in [0.4, 0.5) is 0 Å². The summed E-state index contributed by atoms with van der Waals surface area (Å²) in [4.78, 5) is 0. The number of ether oxygens (including phenoxy) is 2. The first-order valence-electron chi connectivity index (χ1n) is 7.89. The van der Waals surface area contributed by atoms with Crippen molar-refractivity contribution in [2.75, 3.05) is 20.2 Å². The molecule has 0 spiro atoms. The van der Waals surface area contributed by atoms with Gasteiger partial charge in [-0.2, -0.15) is 0 Å². The minimum atomic E-state index is 0.402. The van der Waals surface area contributed by atoms with Gasteiger partial charge in [-0.05, 0) is 75.2 Å². The molecule has 0 aromatic heterocycles. The Labute approximate surface area is 121 Å². The molecule has 0 unspecified atom stereocenters. The summed E-state index contributed by atoms with van der Waals surface area (Å²) < 4.78 is 11.5. The van der Waals surface area contributed by atoms with E-state index in [4.69, 9.17) is 9.47 Å². The first-order valence-corrected chi connectivity index (χ1v) is 7.89. The van der Waals surface area contributed by atoms with E-state index in [9.17, 15) is 0 Å². The van der Waals surface area contributed by atoms with E-state index < -0.39 is 0 Å². The van der Waals surface area contributed by atoms with Gasteiger partial charge in [0.25, 0.3) is 0 Å². The van der Waals surface area contributed by atoms with Gasteiger partial charge in [0.2, 0.25) is 0 Å². The number of piperidine rings is 1. The van der Waals surface area contributed by atoms with Crippen LogP contribution in [0.3, 0.4) is 0 Å². The molecule has 3 heteroatoms. The molecule has 0 radical (unpaired) electrons. The lowest BCUT2D eigenvalue weighted by Gasteiger charge is -2.27. The standard InChI is InChI=1S/C17H25NO2/c1-19-17-12-14(11-13-7-9-18-10-8-13)5-6-16(17)20-15-3-2-4-15/h5-6,12-13,15,18H,2-4,7-11H2,1H3. The van der Waals surface area contributed by atoms with Crippen LogP contribution in [0.1, 0.15) is 37.7 Å². The number of nitrogens with one attached hydrogen (secondary N) is 1. The molecule has 20 heavy (non-hydrogen) atoms. The highest BCUT2D eigenvalue weighted by Gasteiger charge is 2.21. The summed E-state index contributed by atoms with van der Waals surface area (Å²) in [6, 6.07) is 6.46. The fourth-order valence-electron chi connectivity index (χ4n) is 3.02. The maximum absolute atomic E-state index is 5.98. The lowest BCUT2D eigenvalue weighted by atomic mass is 9.91. The van der Waals surface area contributed by atoms with Crippen LogP contribution in [0, 0.1) is 5.92 Å². The van der Waals surface area contributed by atoms with Crippen molar-refractivity contribution in [2.24, 2.45) is 5.92 Å². The SMILES string of the molecule is COc1cc(CC2CCNCC2)ccc1OC1CCC1. The fourth-order valence-corrected chi connectivity index (χ4v) is 3.02. The summed E-state index contributed by atoms with van der Waals surface area (Å²) in [5.74, 6) is 2.61. The maximum atomic E-state index is 5.98. The Kier molecular flexibility index (Phi) is 4.46. The van der Waals surface area contributed by atoms with Gasteiger partial charge in [-0.25, -0.2) is 0 Å². The van der Waals surface area contributed by atoms with Crippen molar-refractivity contribution >= 4 is 0 Å². The number of hydrogen-bond acceptors (Lipinski definition) is 3. The number of benzene rings is 1. The highest BCUT2D eigenvalue weighted by Crippen LogP contribution is 2.33. The van der Waals surface area contributed by atoms with Gasteiger partial charge in [-0.1, -0.05) is 6.07 Å². The Hall–Kier alpha value is -1.22. The summed E-state index contributed by atoms with van der Waals surface area (Å²) >= 11 is 0. The van der Waals surface area contributed by atoms with Gasteiger partial charge in [0.05, 0.1) is 13.2 Å². The van der Waals surface area contributed by atoms with Gasteiger partial charge in [0, 0.05) is 0 Å². The molecule has 1 aliphatic heterocycles. The quantitative estimate of drug-likeness (QED) is 0.895. The van der Waals surface area contributed by atoms with E-state index in [-0.39, 0.29) is 0 Å². The van der Waals surface area contributed by atoms with Crippen molar-refractivity contribution in [3.63, 3.8) is 0 Å². The summed E-state index contributed by atoms with van der Waals surface area (Å²) in [5.41, 5.74) is 1.37. The Bertz CT molecular complexity index is 437. The molecule has 3 rings (SSSR count). The van der Waals surface area contributed by atoms with Crippen molar-refractivity contribution in [1.29, 1.82) is 0 Å². The molecule has 0 bridgehead atoms. The van der Waals surface area contributed by atoms with Crippen molar-refractivity contribution in [3.05, 3.63) is 23.8 Å². The summed E-state index contributed by atoms with van der Waals surface area (Å²) in [6.45, 7) is 2.31. The van der Waals surface area contributed by atoms with Gasteiger partial charge in [0.1, 0.15) is 0 Å². The van der Waals surface area contributed by atoms with Crippen LogP contribution in [-0.2, 0) is 6.42 Å². The van der Waals surface area contributed by atoms with Crippen LogP contribution in [0.15, 0.2) is 18.2 Å². The minimum Gasteiger partial charge on any atom is -0.493 e. The van der Waals surface area contributed by atoms with E-state index in [1.807, 2.05) is 0 Å². The monoisotopic (exact) mass is 275 g/mol. The van der Waals surface area contributed by atoms with Crippen LogP contribution in [0.2, 0.25) is 0 Å². The van der Waals surface area contributed by atoms with Crippen molar-refractivity contribution < 1.29 is 9.47 Å². The zero-order valence-electron chi connectivity index (χ0n) is 12.4. The largest absolute Gasteiger partial charge is 0.493 e. The number of methoxy groups -OCH3 is 1.